The Morgan fingerprint density at radius 1 is 1.17 bits per heavy atom. The molecule has 3 aromatic rings. The van der Waals surface area contributed by atoms with E-state index in [1.54, 1.807) is 24.3 Å². The van der Waals surface area contributed by atoms with Gasteiger partial charge in [0.1, 0.15) is 5.69 Å². The molecule has 0 aliphatic rings. The Morgan fingerprint density at radius 2 is 1.96 bits per heavy atom. The number of amides is 2. The molecule has 1 heterocycles. The third-order valence-corrected chi connectivity index (χ3v) is 3.67. The fourth-order valence-corrected chi connectivity index (χ4v) is 2.48. The molecule has 122 valence electrons. The average molecular weight is 344 g/mol. The molecule has 0 saturated heterocycles. The number of carbonyl (C=O) groups is 2. The van der Waals surface area contributed by atoms with Crippen LogP contribution in [0.15, 0.2) is 47.0 Å². The van der Waals surface area contributed by atoms with Crippen molar-refractivity contribution in [2.45, 2.75) is 13.3 Å². The second-order valence-corrected chi connectivity index (χ2v) is 5.63. The third kappa shape index (κ3) is 3.55. The van der Waals surface area contributed by atoms with Crippen molar-refractivity contribution in [3.63, 3.8) is 0 Å². The second-order valence-electron chi connectivity index (χ2n) is 5.23. The van der Waals surface area contributed by atoms with E-state index in [1.165, 1.54) is 6.92 Å². The summed E-state index contributed by atoms with van der Waals surface area (Å²) in [4.78, 5) is 23.4. The monoisotopic (exact) mass is 343 g/mol. The maximum Gasteiger partial charge on any atom is 0.230 e. The summed E-state index contributed by atoms with van der Waals surface area (Å²) in [5.41, 5.74) is 2.17. The summed E-state index contributed by atoms with van der Waals surface area (Å²) in [5, 5.41) is 10.5. The van der Waals surface area contributed by atoms with Crippen LogP contribution >= 0.6 is 11.6 Å². The third-order valence-electron chi connectivity index (χ3n) is 3.34. The molecule has 24 heavy (non-hydrogen) atoms. The maximum atomic E-state index is 12.2. The summed E-state index contributed by atoms with van der Waals surface area (Å²) in [6.07, 6.45) is 0.0785. The number of hydrogen-bond donors (Lipinski definition) is 2. The molecule has 0 spiro atoms. The number of fused-ring (bicyclic) bond motifs is 1. The molecule has 2 aromatic carbocycles. The van der Waals surface area contributed by atoms with Crippen molar-refractivity contribution in [1.82, 2.24) is 5.16 Å². The normalized spacial score (nSPS) is 10.6. The number of hydrogen-bond acceptors (Lipinski definition) is 4. The van der Waals surface area contributed by atoms with Crippen molar-refractivity contribution in [2.24, 2.45) is 0 Å². The Bertz CT molecular complexity index is 920. The molecule has 2 amide bonds. The molecule has 0 aliphatic carbocycles. The van der Waals surface area contributed by atoms with E-state index in [4.69, 9.17) is 16.1 Å². The second kappa shape index (κ2) is 6.72. The SMILES string of the molecule is CC(=O)Nc1cc(NC(=O)Cc2noc3ccccc23)ccc1Cl. The van der Waals surface area contributed by atoms with Gasteiger partial charge in [-0.2, -0.15) is 0 Å². The van der Waals surface area contributed by atoms with E-state index in [0.717, 1.165) is 5.39 Å². The summed E-state index contributed by atoms with van der Waals surface area (Å²) in [7, 11) is 0. The molecule has 6 nitrogen and oxygen atoms in total. The van der Waals surface area contributed by atoms with Crippen molar-refractivity contribution >= 4 is 45.8 Å². The fraction of sp³-hybridized carbons (Fsp3) is 0.118. The van der Waals surface area contributed by atoms with Crippen LogP contribution in [0.25, 0.3) is 11.0 Å². The first-order chi connectivity index (χ1) is 11.5. The van der Waals surface area contributed by atoms with Gasteiger partial charge in [0.25, 0.3) is 0 Å². The van der Waals surface area contributed by atoms with Gasteiger partial charge in [0, 0.05) is 18.0 Å². The number of carbonyl (C=O) groups excluding carboxylic acids is 2. The molecule has 1 aromatic heterocycles. The van der Waals surface area contributed by atoms with Gasteiger partial charge in [-0.15, -0.1) is 0 Å². The molecule has 0 bridgehead atoms. The minimum atomic E-state index is -0.245. The number of anilines is 2. The van der Waals surface area contributed by atoms with Gasteiger partial charge >= 0.3 is 0 Å². The van der Waals surface area contributed by atoms with Crippen LogP contribution in [0.4, 0.5) is 11.4 Å². The van der Waals surface area contributed by atoms with E-state index in [9.17, 15) is 9.59 Å². The Hall–Kier alpha value is -2.86. The van der Waals surface area contributed by atoms with Gasteiger partial charge < -0.3 is 15.2 Å². The van der Waals surface area contributed by atoms with Gasteiger partial charge in [0.2, 0.25) is 11.8 Å². The van der Waals surface area contributed by atoms with E-state index in [2.05, 4.69) is 15.8 Å². The Balaban J connectivity index is 1.74. The summed E-state index contributed by atoms with van der Waals surface area (Å²) >= 11 is 6.01. The summed E-state index contributed by atoms with van der Waals surface area (Å²) in [6, 6.07) is 12.2. The first-order valence-electron chi connectivity index (χ1n) is 7.23. The van der Waals surface area contributed by atoms with Gasteiger partial charge in [0.15, 0.2) is 5.58 Å². The standard InChI is InChI=1S/C17H14ClN3O3/c1-10(22)19-15-8-11(6-7-13(15)18)20-17(23)9-14-12-4-2-3-5-16(12)24-21-14/h2-8H,9H2,1H3,(H,19,22)(H,20,23). The lowest BCUT2D eigenvalue weighted by Crippen LogP contribution is -2.15. The minimum Gasteiger partial charge on any atom is -0.356 e. The van der Waals surface area contributed by atoms with Crippen LogP contribution in [0.3, 0.4) is 0 Å². The highest BCUT2D eigenvalue weighted by Gasteiger charge is 2.13. The van der Waals surface area contributed by atoms with E-state index in [1.807, 2.05) is 18.2 Å². The molecule has 0 fully saturated rings. The summed E-state index contributed by atoms with van der Waals surface area (Å²) < 4.78 is 5.18. The maximum absolute atomic E-state index is 12.2. The average Bonchev–Trinajstić information content (AvgIpc) is 2.93. The highest BCUT2D eigenvalue weighted by atomic mass is 35.5. The number of nitrogens with zero attached hydrogens (tertiary/aromatic N) is 1. The van der Waals surface area contributed by atoms with Crippen LogP contribution in [-0.4, -0.2) is 17.0 Å². The van der Waals surface area contributed by atoms with Crippen LogP contribution in [0.5, 0.6) is 0 Å². The number of aromatic nitrogens is 1. The lowest BCUT2D eigenvalue weighted by Gasteiger charge is -2.09. The van der Waals surface area contributed by atoms with E-state index >= 15 is 0 Å². The van der Waals surface area contributed by atoms with Crippen LogP contribution in [-0.2, 0) is 16.0 Å². The van der Waals surface area contributed by atoms with Gasteiger partial charge in [-0.1, -0.05) is 28.9 Å². The lowest BCUT2D eigenvalue weighted by atomic mass is 10.1. The minimum absolute atomic E-state index is 0.0785. The van der Waals surface area contributed by atoms with Gasteiger partial charge in [-0.3, -0.25) is 9.59 Å². The quantitative estimate of drug-likeness (QED) is 0.757. The molecule has 2 N–H and O–H groups in total. The molecule has 0 radical (unpaired) electrons. The fourth-order valence-electron chi connectivity index (χ4n) is 2.31. The van der Waals surface area contributed by atoms with Crippen LogP contribution < -0.4 is 10.6 Å². The van der Waals surface area contributed by atoms with E-state index in [-0.39, 0.29) is 18.2 Å². The zero-order valence-electron chi connectivity index (χ0n) is 12.8. The van der Waals surface area contributed by atoms with Crippen molar-refractivity contribution in [2.75, 3.05) is 10.6 Å². The number of para-hydroxylation sites is 1. The van der Waals surface area contributed by atoms with Crippen LogP contribution in [0.2, 0.25) is 5.02 Å². The van der Waals surface area contributed by atoms with Crippen molar-refractivity contribution in [3.8, 4) is 0 Å². The molecule has 0 unspecified atom stereocenters. The molecule has 0 saturated carbocycles. The van der Waals surface area contributed by atoms with E-state index < -0.39 is 0 Å². The molecule has 3 rings (SSSR count). The predicted octanol–water partition coefficient (Wildman–Crippen LogP) is 3.62. The van der Waals surface area contributed by atoms with Crippen LogP contribution in [0, 0.1) is 0 Å². The zero-order chi connectivity index (χ0) is 17.1. The van der Waals surface area contributed by atoms with Crippen molar-refractivity contribution in [3.05, 3.63) is 53.2 Å². The highest BCUT2D eigenvalue weighted by Crippen LogP contribution is 2.26. The largest absolute Gasteiger partial charge is 0.356 e. The first kappa shape index (κ1) is 16.0. The summed E-state index contributed by atoms with van der Waals surface area (Å²) in [5.74, 6) is -0.486. The molecule has 0 aliphatic heterocycles. The molecule has 0 atom stereocenters. The molecular formula is C17H14ClN3O3. The number of nitrogens with one attached hydrogen (secondary N) is 2. The molecule has 7 heteroatoms. The van der Waals surface area contributed by atoms with Crippen molar-refractivity contribution < 1.29 is 14.1 Å². The number of benzene rings is 2. The number of rotatable bonds is 4. The smallest absolute Gasteiger partial charge is 0.230 e. The Kier molecular flexibility index (Phi) is 4.48. The van der Waals surface area contributed by atoms with Gasteiger partial charge in [-0.25, -0.2) is 0 Å². The van der Waals surface area contributed by atoms with Gasteiger partial charge in [0.05, 0.1) is 17.1 Å². The van der Waals surface area contributed by atoms with Crippen molar-refractivity contribution in [1.29, 1.82) is 0 Å². The predicted molar refractivity (Wildman–Crippen MR) is 92.1 cm³/mol. The lowest BCUT2D eigenvalue weighted by molar-refractivity contribution is -0.116. The number of halogens is 1. The van der Waals surface area contributed by atoms with E-state index in [0.29, 0.717) is 27.7 Å². The summed E-state index contributed by atoms with van der Waals surface area (Å²) in [6.45, 7) is 1.39. The molecular weight excluding hydrogens is 330 g/mol. The van der Waals surface area contributed by atoms with Crippen LogP contribution in [0.1, 0.15) is 12.6 Å². The van der Waals surface area contributed by atoms with Gasteiger partial charge in [-0.05, 0) is 30.3 Å². The Labute approximate surface area is 142 Å². The highest BCUT2D eigenvalue weighted by molar-refractivity contribution is 6.33. The zero-order valence-corrected chi connectivity index (χ0v) is 13.6. The first-order valence-corrected chi connectivity index (χ1v) is 7.61. The Morgan fingerprint density at radius 3 is 2.75 bits per heavy atom. The topological polar surface area (TPSA) is 84.2 Å².